The van der Waals surface area contributed by atoms with Crippen LogP contribution in [-0.4, -0.2) is 34.8 Å². The number of amides is 2. The molecule has 1 saturated heterocycles. The van der Waals surface area contributed by atoms with Crippen molar-refractivity contribution in [3.63, 3.8) is 0 Å². The van der Waals surface area contributed by atoms with Gasteiger partial charge in [0.2, 0.25) is 11.8 Å². The van der Waals surface area contributed by atoms with E-state index in [9.17, 15) is 9.59 Å². The van der Waals surface area contributed by atoms with Gasteiger partial charge in [-0.05, 0) is 42.7 Å². The van der Waals surface area contributed by atoms with Crippen molar-refractivity contribution in [3.05, 3.63) is 21.9 Å². The number of nitrogens with zero attached hydrogens (tertiary/aromatic N) is 2. The van der Waals surface area contributed by atoms with Crippen LogP contribution in [0.15, 0.2) is 11.4 Å². The number of thiophene rings is 1. The first-order valence-electron chi connectivity index (χ1n) is 8.80. The van der Waals surface area contributed by atoms with Gasteiger partial charge in [-0.25, -0.2) is 0 Å². The van der Waals surface area contributed by atoms with Crippen LogP contribution in [0.4, 0.5) is 0 Å². The standard InChI is InChI=1S/C18H24N2O2S/c1-2-14-13-6-10-23-15(13)5-9-19(14)12-20-16(21)11-18(17(20)22)7-3-4-8-18/h6,10,14H,2-5,7-9,11-12H2,1H3/t14-/m1/s1. The van der Waals surface area contributed by atoms with Gasteiger partial charge in [0, 0.05) is 23.9 Å². The van der Waals surface area contributed by atoms with Gasteiger partial charge in [0.15, 0.2) is 0 Å². The zero-order valence-electron chi connectivity index (χ0n) is 13.7. The molecule has 2 fully saturated rings. The molecule has 1 aromatic rings. The largest absolute Gasteiger partial charge is 0.278 e. The molecule has 0 unspecified atom stereocenters. The molecule has 0 radical (unpaired) electrons. The summed E-state index contributed by atoms with van der Waals surface area (Å²) in [4.78, 5) is 30.7. The molecule has 1 aromatic heterocycles. The van der Waals surface area contributed by atoms with Gasteiger partial charge in [-0.2, -0.15) is 0 Å². The fourth-order valence-electron chi connectivity index (χ4n) is 4.72. The summed E-state index contributed by atoms with van der Waals surface area (Å²) in [6.07, 6.45) is 6.48. The van der Waals surface area contributed by atoms with Gasteiger partial charge >= 0.3 is 0 Å². The molecule has 3 aliphatic rings. The third kappa shape index (κ3) is 2.36. The minimum Gasteiger partial charge on any atom is -0.278 e. The van der Waals surface area contributed by atoms with Crippen LogP contribution in [0, 0.1) is 5.41 Å². The first kappa shape index (κ1) is 15.3. The summed E-state index contributed by atoms with van der Waals surface area (Å²) in [5.74, 6) is 0.147. The zero-order chi connectivity index (χ0) is 16.0. The van der Waals surface area contributed by atoms with Crippen LogP contribution < -0.4 is 0 Å². The van der Waals surface area contributed by atoms with Gasteiger partial charge in [-0.1, -0.05) is 19.8 Å². The van der Waals surface area contributed by atoms with Crippen molar-refractivity contribution in [3.8, 4) is 0 Å². The summed E-state index contributed by atoms with van der Waals surface area (Å²) < 4.78 is 0. The van der Waals surface area contributed by atoms with Gasteiger partial charge in [0.05, 0.1) is 12.1 Å². The van der Waals surface area contributed by atoms with Crippen LogP contribution >= 0.6 is 11.3 Å². The summed E-state index contributed by atoms with van der Waals surface area (Å²) in [6, 6.07) is 2.55. The molecule has 0 bridgehead atoms. The van der Waals surface area contributed by atoms with E-state index < -0.39 is 0 Å². The van der Waals surface area contributed by atoms with E-state index in [1.807, 2.05) is 11.3 Å². The minimum absolute atomic E-state index is 0.0443. The summed E-state index contributed by atoms with van der Waals surface area (Å²) >= 11 is 1.83. The molecule has 124 valence electrons. The molecule has 4 rings (SSSR count). The molecule has 23 heavy (non-hydrogen) atoms. The average Bonchev–Trinajstić information content (AvgIpc) is 3.24. The average molecular weight is 332 g/mol. The van der Waals surface area contributed by atoms with Crippen LogP contribution in [0.25, 0.3) is 0 Å². The van der Waals surface area contributed by atoms with Gasteiger partial charge in [0.1, 0.15) is 0 Å². The third-order valence-corrected chi connectivity index (χ3v) is 6.96. The molecular weight excluding hydrogens is 308 g/mol. The first-order chi connectivity index (χ1) is 11.1. The number of hydrogen-bond donors (Lipinski definition) is 0. The van der Waals surface area contributed by atoms with Crippen molar-refractivity contribution in [2.45, 2.75) is 57.9 Å². The van der Waals surface area contributed by atoms with E-state index in [2.05, 4.69) is 23.3 Å². The highest BCUT2D eigenvalue weighted by Crippen LogP contribution is 2.47. The molecule has 5 heteroatoms. The van der Waals surface area contributed by atoms with E-state index >= 15 is 0 Å². The topological polar surface area (TPSA) is 40.6 Å². The molecule has 1 spiro atoms. The Kier molecular flexibility index (Phi) is 3.81. The molecule has 1 atom stereocenters. The molecule has 2 amide bonds. The number of carbonyl (C=O) groups excluding carboxylic acids is 2. The number of rotatable bonds is 3. The smallest absolute Gasteiger partial charge is 0.237 e. The highest BCUT2D eigenvalue weighted by Gasteiger charge is 2.53. The lowest BCUT2D eigenvalue weighted by Gasteiger charge is -2.37. The van der Waals surface area contributed by atoms with E-state index in [4.69, 9.17) is 0 Å². The third-order valence-electron chi connectivity index (χ3n) is 5.97. The lowest BCUT2D eigenvalue weighted by Crippen LogP contribution is -2.46. The van der Waals surface area contributed by atoms with Crippen molar-refractivity contribution in [1.29, 1.82) is 0 Å². The Balaban J connectivity index is 1.54. The van der Waals surface area contributed by atoms with E-state index in [1.165, 1.54) is 10.4 Å². The molecule has 3 heterocycles. The second-order valence-corrected chi connectivity index (χ2v) is 8.22. The fourth-order valence-corrected chi connectivity index (χ4v) is 5.65. The van der Waals surface area contributed by atoms with Crippen LogP contribution in [-0.2, 0) is 16.0 Å². The number of fused-ring (bicyclic) bond motifs is 1. The number of carbonyl (C=O) groups is 2. The van der Waals surface area contributed by atoms with Gasteiger partial charge in [0.25, 0.3) is 0 Å². The highest BCUT2D eigenvalue weighted by atomic mass is 32.1. The van der Waals surface area contributed by atoms with E-state index in [0.717, 1.165) is 45.1 Å². The lowest BCUT2D eigenvalue weighted by molar-refractivity contribution is -0.144. The summed E-state index contributed by atoms with van der Waals surface area (Å²) in [5, 5.41) is 2.16. The summed E-state index contributed by atoms with van der Waals surface area (Å²) in [7, 11) is 0. The molecule has 1 saturated carbocycles. The monoisotopic (exact) mass is 332 g/mol. The predicted octanol–water partition coefficient (Wildman–Crippen LogP) is 3.33. The van der Waals surface area contributed by atoms with Crippen LogP contribution in [0.5, 0.6) is 0 Å². The second-order valence-electron chi connectivity index (χ2n) is 7.22. The van der Waals surface area contributed by atoms with Gasteiger partial charge < -0.3 is 0 Å². The minimum atomic E-state index is -0.345. The van der Waals surface area contributed by atoms with Crippen molar-refractivity contribution in [2.24, 2.45) is 5.41 Å². The molecule has 2 aliphatic heterocycles. The van der Waals surface area contributed by atoms with Gasteiger partial charge in [-0.3, -0.25) is 19.4 Å². The number of hydrogen-bond acceptors (Lipinski definition) is 4. The second kappa shape index (κ2) is 5.71. The number of likely N-dealkylation sites (tertiary alicyclic amines) is 1. The molecule has 0 N–H and O–H groups in total. The maximum atomic E-state index is 12.9. The maximum Gasteiger partial charge on any atom is 0.237 e. The summed E-state index contributed by atoms with van der Waals surface area (Å²) in [6.45, 7) is 3.61. The zero-order valence-corrected chi connectivity index (χ0v) is 14.5. The molecule has 4 nitrogen and oxygen atoms in total. The normalized spacial score (nSPS) is 27.2. The lowest BCUT2D eigenvalue weighted by atomic mass is 9.84. The molecule has 0 aromatic carbocycles. The van der Waals surface area contributed by atoms with Gasteiger partial charge in [-0.15, -0.1) is 11.3 Å². The Morgan fingerprint density at radius 3 is 2.83 bits per heavy atom. The summed E-state index contributed by atoms with van der Waals surface area (Å²) in [5.41, 5.74) is 1.06. The Bertz CT molecular complexity index is 633. The molecule has 1 aliphatic carbocycles. The van der Waals surface area contributed by atoms with Crippen LogP contribution in [0.3, 0.4) is 0 Å². The van der Waals surface area contributed by atoms with Crippen molar-refractivity contribution in [2.75, 3.05) is 13.2 Å². The number of imide groups is 1. The van der Waals surface area contributed by atoms with Crippen molar-refractivity contribution >= 4 is 23.2 Å². The quantitative estimate of drug-likeness (QED) is 0.797. The highest BCUT2D eigenvalue weighted by molar-refractivity contribution is 7.10. The molecular formula is C18H24N2O2S. The Morgan fingerprint density at radius 1 is 1.30 bits per heavy atom. The van der Waals surface area contributed by atoms with E-state index in [-0.39, 0.29) is 17.2 Å². The first-order valence-corrected chi connectivity index (χ1v) is 9.68. The maximum absolute atomic E-state index is 12.9. The predicted molar refractivity (Wildman–Crippen MR) is 90.0 cm³/mol. The van der Waals surface area contributed by atoms with Crippen LogP contribution in [0.2, 0.25) is 0 Å². The Labute approximate surface area is 141 Å². The van der Waals surface area contributed by atoms with Crippen molar-refractivity contribution < 1.29 is 9.59 Å². The van der Waals surface area contributed by atoms with Crippen molar-refractivity contribution in [1.82, 2.24) is 9.80 Å². The SMILES string of the molecule is CC[C@@H]1c2ccsc2CCN1CN1C(=O)CC2(CCCC2)C1=O. The van der Waals surface area contributed by atoms with E-state index in [0.29, 0.717) is 19.1 Å². The van der Waals surface area contributed by atoms with E-state index in [1.54, 1.807) is 4.90 Å². The van der Waals surface area contributed by atoms with Crippen LogP contribution in [0.1, 0.15) is 61.9 Å². The Morgan fingerprint density at radius 2 is 2.09 bits per heavy atom. The Hall–Kier alpha value is -1.20. The fraction of sp³-hybridized carbons (Fsp3) is 0.667.